The molecule has 0 aliphatic rings. The predicted molar refractivity (Wildman–Crippen MR) is 78.0 cm³/mol. The number of halogens is 5. The van der Waals surface area contributed by atoms with Crippen molar-refractivity contribution in [2.75, 3.05) is 11.1 Å². The van der Waals surface area contributed by atoms with Gasteiger partial charge in [0.15, 0.2) is 33.1 Å². The first-order valence-electron chi connectivity index (χ1n) is 6.74. The predicted octanol–water partition coefficient (Wildman–Crippen LogP) is 3.18. The summed E-state index contributed by atoms with van der Waals surface area (Å²) in [6.45, 7) is 0. The number of nitrogens with one attached hydrogen (secondary N) is 1. The van der Waals surface area contributed by atoms with Gasteiger partial charge in [-0.1, -0.05) is 18.2 Å². The molecule has 0 aromatic heterocycles. The molecule has 0 saturated carbocycles. The minimum Gasteiger partial charge on any atom is -0.321 e. The molecule has 0 saturated heterocycles. The Morgan fingerprint density at radius 2 is 1.32 bits per heavy atom. The van der Waals surface area contributed by atoms with Crippen molar-refractivity contribution in [3.8, 4) is 0 Å². The molecule has 25 heavy (non-hydrogen) atoms. The smallest absolute Gasteiger partial charge is 0.225 e. The maximum absolute atomic E-state index is 13.4. The highest BCUT2D eigenvalue weighted by Gasteiger charge is 2.27. The Labute approximate surface area is 139 Å². The summed E-state index contributed by atoms with van der Waals surface area (Å²) >= 11 is 0. The van der Waals surface area contributed by atoms with Gasteiger partial charge < -0.3 is 5.32 Å². The first kappa shape index (κ1) is 18.8. The summed E-state index contributed by atoms with van der Waals surface area (Å²) in [4.78, 5) is 11.6. The lowest BCUT2D eigenvalue weighted by Crippen LogP contribution is -2.20. The van der Waals surface area contributed by atoms with Gasteiger partial charge in [0.05, 0.1) is 10.6 Å². The van der Waals surface area contributed by atoms with Gasteiger partial charge in [-0.05, 0) is 12.1 Å². The normalized spacial score (nSPS) is 11.4. The molecule has 0 aliphatic carbocycles. The number of rotatable bonds is 5. The molecule has 0 unspecified atom stereocenters. The molecule has 2 aromatic rings. The third-order valence-electron chi connectivity index (χ3n) is 3.17. The SMILES string of the molecule is O=C(CCS(=O)(=O)c1ccccc1)Nc1c(F)c(F)c(F)c(F)c1F. The zero-order chi connectivity index (χ0) is 18.8. The Morgan fingerprint density at radius 3 is 1.84 bits per heavy atom. The van der Waals surface area contributed by atoms with Crippen LogP contribution in [0.15, 0.2) is 35.2 Å². The van der Waals surface area contributed by atoms with Crippen molar-refractivity contribution in [3.05, 3.63) is 59.4 Å². The average molecular weight is 379 g/mol. The summed E-state index contributed by atoms with van der Waals surface area (Å²) in [5.41, 5.74) is -1.53. The minimum atomic E-state index is -3.85. The van der Waals surface area contributed by atoms with E-state index in [1.807, 2.05) is 0 Å². The average Bonchev–Trinajstić information content (AvgIpc) is 2.61. The van der Waals surface area contributed by atoms with Gasteiger partial charge in [-0.2, -0.15) is 0 Å². The second kappa shape index (κ2) is 7.18. The van der Waals surface area contributed by atoms with Crippen LogP contribution in [0.2, 0.25) is 0 Å². The van der Waals surface area contributed by atoms with E-state index in [2.05, 4.69) is 0 Å². The monoisotopic (exact) mass is 379 g/mol. The van der Waals surface area contributed by atoms with Crippen LogP contribution in [0, 0.1) is 29.1 Å². The number of carbonyl (C=O) groups is 1. The van der Waals surface area contributed by atoms with Crippen LogP contribution >= 0.6 is 0 Å². The highest BCUT2D eigenvalue weighted by atomic mass is 32.2. The van der Waals surface area contributed by atoms with Gasteiger partial charge in [0, 0.05) is 6.42 Å². The third-order valence-corrected chi connectivity index (χ3v) is 4.91. The van der Waals surface area contributed by atoms with Crippen molar-refractivity contribution < 1.29 is 35.2 Å². The maximum atomic E-state index is 13.4. The fourth-order valence-electron chi connectivity index (χ4n) is 1.89. The van der Waals surface area contributed by atoms with Gasteiger partial charge in [0.1, 0.15) is 5.69 Å². The lowest BCUT2D eigenvalue weighted by atomic mass is 10.2. The molecular formula is C15H10F5NO3S. The Balaban J connectivity index is 2.14. The minimum absolute atomic E-state index is 0.0703. The molecule has 0 spiro atoms. The standard InChI is InChI=1S/C15H10F5NO3S/c16-10-11(17)13(19)15(14(20)12(10)18)21-9(22)6-7-25(23,24)8-4-2-1-3-5-8/h1-5H,6-7H2,(H,21,22). The molecule has 1 amide bonds. The molecule has 0 aliphatic heterocycles. The quantitative estimate of drug-likeness (QED) is 0.493. The van der Waals surface area contributed by atoms with Crippen molar-refractivity contribution in [3.63, 3.8) is 0 Å². The maximum Gasteiger partial charge on any atom is 0.225 e. The molecule has 1 N–H and O–H groups in total. The van der Waals surface area contributed by atoms with Gasteiger partial charge in [-0.25, -0.2) is 30.4 Å². The van der Waals surface area contributed by atoms with E-state index < -0.39 is 62.7 Å². The molecule has 0 atom stereocenters. The molecule has 0 fully saturated rings. The highest BCUT2D eigenvalue weighted by molar-refractivity contribution is 7.91. The number of carbonyl (C=O) groups excluding carboxylic acids is 1. The van der Waals surface area contributed by atoms with Gasteiger partial charge in [0.2, 0.25) is 11.7 Å². The van der Waals surface area contributed by atoms with Crippen LogP contribution in [0.3, 0.4) is 0 Å². The topological polar surface area (TPSA) is 63.2 Å². The summed E-state index contributed by atoms with van der Waals surface area (Å²) in [6, 6.07) is 7.08. The lowest BCUT2D eigenvalue weighted by Gasteiger charge is -2.10. The van der Waals surface area contributed by atoms with Crippen LogP contribution in [0.4, 0.5) is 27.6 Å². The first-order chi connectivity index (χ1) is 11.6. The van der Waals surface area contributed by atoms with Crippen LogP contribution in [0.25, 0.3) is 0 Å². The van der Waals surface area contributed by atoms with E-state index in [4.69, 9.17) is 0 Å². The number of anilines is 1. The zero-order valence-corrected chi connectivity index (χ0v) is 13.1. The van der Waals surface area contributed by atoms with Gasteiger partial charge in [0.25, 0.3) is 0 Å². The fourth-order valence-corrected chi connectivity index (χ4v) is 3.15. The number of hydrogen-bond donors (Lipinski definition) is 1. The van der Waals surface area contributed by atoms with E-state index in [-0.39, 0.29) is 4.90 Å². The van der Waals surface area contributed by atoms with E-state index in [0.717, 1.165) is 0 Å². The van der Waals surface area contributed by atoms with Crippen LogP contribution in [0.1, 0.15) is 6.42 Å². The summed E-state index contributed by atoms with van der Waals surface area (Å²) in [7, 11) is -3.85. The lowest BCUT2D eigenvalue weighted by molar-refractivity contribution is -0.115. The Hall–Kier alpha value is -2.49. The molecule has 0 radical (unpaired) electrons. The second-order valence-corrected chi connectivity index (χ2v) is 6.98. The third kappa shape index (κ3) is 3.95. The summed E-state index contributed by atoms with van der Waals surface area (Å²) in [5.74, 6) is -13.1. The zero-order valence-electron chi connectivity index (χ0n) is 12.3. The first-order valence-corrected chi connectivity index (χ1v) is 8.39. The number of benzene rings is 2. The Morgan fingerprint density at radius 1 is 0.840 bits per heavy atom. The van der Waals surface area contributed by atoms with Gasteiger partial charge >= 0.3 is 0 Å². The van der Waals surface area contributed by atoms with Crippen molar-refractivity contribution in [2.45, 2.75) is 11.3 Å². The van der Waals surface area contributed by atoms with Crippen LogP contribution in [0.5, 0.6) is 0 Å². The Bertz CT molecular complexity index is 888. The highest BCUT2D eigenvalue weighted by Crippen LogP contribution is 2.27. The van der Waals surface area contributed by atoms with Gasteiger partial charge in [-0.3, -0.25) is 4.79 Å². The number of hydrogen-bond acceptors (Lipinski definition) is 3. The number of sulfone groups is 1. The molecular weight excluding hydrogens is 369 g/mol. The van der Waals surface area contributed by atoms with E-state index in [9.17, 15) is 35.2 Å². The fraction of sp³-hybridized carbons (Fsp3) is 0.133. The molecule has 4 nitrogen and oxygen atoms in total. The van der Waals surface area contributed by atoms with Crippen molar-refractivity contribution >= 4 is 21.4 Å². The van der Waals surface area contributed by atoms with E-state index in [1.165, 1.54) is 29.6 Å². The van der Waals surface area contributed by atoms with Crippen LogP contribution in [-0.2, 0) is 14.6 Å². The van der Waals surface area contributed by atoms with Crippen LogP contribution < -0.4 is 5.32 Å². The molecule has 0 heterocycles. The molecule has 134 valence electrons. The van der Waals surface area contributed by atoms with Crippen LogP contribution in [-0.4, -0.2) is 20.1 Å². The van der Waals surface area contributed by atoms with Crippen molar-refractivity contribution in [1.29, 1.82) is 0 Å². The van der Waals surface area contributed by atoms with Gasteiger partial charge in [-0.15, -0.1) is 0 Å². The van der Waals surface area contributed by atoms with E-state index in [1.54, 1.807) is 6.07 Å². The second-order valence-electron chi connectivity index (χ2n) is 4.88. The largest absolute Gasteiger partial charge is 0.321 e. The molecule has 2 rings (SSSR count). The summed E-state index contributed by atoms with van der Waals surface area (Å²) in [5, 5.41) is 1.51. The summed E-state index contributed by atoms with van der Waals surface area (Å²) in [6.07, 6.45) is -0.739. The summed E-state index contributed by atoms with van der Waals surface area (Å²) < 4.78 is 89.8. The van der Waals surface area contributed by atoms with Crippen molar-refractivity contribution in [2.24, 2.45) is 0 Å². The molecule has 10 heteroatoms. The Kier molecular flexibility index (Phi) is 5.41. The van der Waals surface area contributed by atoms with Crippen molar-refractivity contribution in [1.82, 2.24) is 0 Å². The van der Waals surface area contributed by atoms with E-state index >= 15 is 0 Å². The number of amides is 1. The van der Waals surface area contributed by atoms with E-state index in [0.29, 0.717) is 0 Å². The molecule has 2 aromatic carbocycles. The molecule has 0 bridgehead atoms.